The number of halogens is 1. The van der Waals surface area contributed by atoms with E-state index in [1.807, 2.05) is 0 Å². The largest absolute Gasteiger partial charge is 0.196 e. The molecule has 1 aliphatic rings. The molecule has 1 saturated carbocycles. The molecule has 1 aromatic rings. The maximum absolute atomic E-state index is 12.8. The van der Waals surface area contributed by atoms with E-state index in [1.54, 1.807) is 6.07 Å². The van der Waals surface area contributed by atoms with E-state index in [-0.39, 0.29) is 0 Å². The molecule has 0 aliphatic heterocycles. The Morgan fingerprint density at radius 1 is 0.929 bits per heavy atom. The molecular formula is C26H38FN. The van der Waals surface area contributed by atoms with Crippen LogP contribution in [0.5, 0.6) is 0 Å². The Hall–Kier alpha value is -1.62. The van der Waals surface area contributed by atoms with Gasteiger partial charge in [0.2, 0.25) is 0 Å². The Morgan fingerprint density at radius 2 is 1.46 bits per heavy atom. The van der Waals surface area contributed by atoms with Crippen molar-refractivity contribution in [3.8, 4) is 6.07 Å². The van der Waals surface area contributed by atoms with Gasteiger partial charge < -0.3 is 0 Å². The second-order valence-electron chi connectivity index (χ2n) is 8.65. The SMILES string of the molecule is CCCCCc1ccc(CCCCC2CCC(CC/C=C(\F)C#N)CC2)cc1. The number of unbranched alkanes of at least 4 members (excludes halogenated alkanes) is 3. The minimum Gasteiger partial charge on any atom is -0.195 e. The third-order valence-electron chi connectivity index (χ3n) is 6.39. The lowest BCUT2D eigenvalue weighted by atomic mass is 9.78. The maximum Gasteiger partial charge on any atom is 0.196 e. The molecule has 28 heavy (non-hydrogen) atoms. The van der Waals surface area contributed by atoms with Crippen LogP contribution in [0, 0.1) is 23.2 Å². The molecule has 0 heterocycles. The topological polar surface area (TPSA) is 23.8 Å². The van der Waals surface area contributed by atoms with Crippen LogP contribution in [0.4, 0.5) is 4.39 Å². The number of hydrogen-bond donors (Lipinski definition) is 0. The number of aryl methyl sites for hydroxylation is 2. The van der Waals surface area contributed by atoms with Crippen molar-refractivity contribution in [1.82, 2.24) is 0 Å². The summed E-state index contributed by atoms with van der Waals surface area (Å²) >= 11 is 0. The van der Waals surface area contributed by atoms with Gasteiger partial charge in [-0.2, -0.15) is 9.65 Å². The van der Waals surface area contributed by atoms with Crippen molar-refractivity contribution >= 4 is 0 Å². The van der Waals surface area contributed by atoms with E-state index in [9.17, 15) is 4.39 Å². The van der Waals surface area contributed by atoms with Crippen molar-refractivity contribution in [2.45, 2.75) is 96.8 Å². The van der Waals surface area contributed by atoms with E-state index < -0.39 is 5.83 Å². The van der Waals surface area contributed by atoms with Crippen LogP contribution in [0.2, 0.25) is 0 Å². The van der Waals surface area contributed by atoms with E-state index in [2.05, 4.69) is 31.2 Å². The first kappa shape index (κ1) is 22.7. The first-order chi connectivity index (χ1) is 13.7. The molecule has 1 aliphatic carbocycles. The molecule has 0 aromatic heterocycles. The van der Waals surface area contributed by atoms with Gasteiger partial charge in [0.25, 0.3) is 0 Å². The van der Waals surface area contributed by atoms with Crippen LogP contribution in [0.1, 0.15) is 95.1 Å². The average Bonchev–Trinajstić information content (AvgIpc) is 2.73. The molecule has 1 fully saturated rings. The van der Waals surface area contributed by atoms with Gasteiger partial charge in [0, 0.05) is 0 Å². The van der Waals surface area contributed by atoms with Crippen molar-refractivity contribution in [2.75, 3.05) is 0 Å². The molecule has 0 radical (unpaired) electrons. The van der Waals surface area contributed by atoms with E-state index in [0.717, 1.165) is 18.3 Å². The summed E-state index contributed by atoms with van der Waals surface area (Å²) in [5, 5.41) is 8.44. The zero-order chi connectivity index (χ0) is 20.0. The third-order valence-corrected chi connectivity index (χ3v) is 6.39. The Balaban J connectivity index is 1.54. The number of nitrogens with zero attached hydrogens (tertiary/aromatic N) is 1. The molecular weight excluding hydrogens is 345 g/mol. The molecule has 2 rings (SSSR count). The lowest BCUT2D eigenvalue weighted by Crippen LogP contribution is -2.14. The van der Waals surface area contributed by atoms with E-state index >= 15 is 0 Å². The van der Waals surface area contributed by atoms with Gasteiger partial charge in [-0.15, -0.1) is 0 Å². The van der Waals surface area contributed by atoms with Gasteiger partial charge in [0.1, 0.15) is 6.07 Å². The zero-order valence-corrected chi connectivity index (χ0v) is 17.8. The average molecular weight is 384 g/mol. The fourth-order valence-electron chi connectivity index (χ4n) is 4.51. The van der Waals surface area contributed by atoms with Gasteiger partial charge in [-0.25, -0.2) is 0 Å². The van der Waals surface area contributed by atoms with Crippen LogP contribution in [0.25, 0.3) is 0 Å². The molecule has 0 saturated heterocycles. The fraction of sp³-hybridized carbons (Fsp3) is 0.654. The van der Waals surface area contributed by atoms with Crippen molar-refractivity contribution in [3.05, 3.63) is 47.3 Å². The number of allylic oxidation sites excluding steroid dienone is 2. The minimum absolute atomic E-state index is 0.625. The highest BCUT2D eigenvalue weighted by molar-refractivity contribution is 5.22. The Labute approximate surface area is 172 Å². The molecule has 0 amide bonds. The third kappa shape index (κ3) is 9.05. The summed E-state index contributed by atoms with van der Waals surface area (Å²) in [6, 6.07) is 10.9. The Morgan fingerprint density at radius 3 is 2.00 bits per heavy atom. The standard InChI is InChI=1S/C26H38FN/c1-2-3-4-8-22-13-15-23(16-14-22)9-5-6-10-24-17-19-25(20-18-24)11-7-12-26(27)21-28/h12-16,24-25H,2-11,17-20H2,1H3/b26-12-. The summed E-state index contributed by atoms with van der Waals surface area (Å²) in [5.74, 6) is 0.998. The molecule has 0 spiro atoms. The van der Waals surface area contributed by atoms with E-state index in [0.29, 0.717) is 6.42 Å². The first-order valence-electron chi connectivity index (χ1n) is 11.5. The van der Waals surface area contributed by atoms with Gasteiger partial charge in [0.15, 0.2) is 5.83 Å². The quantitative estimate of drug-likeness (QED) is 0.264. The maximum atomic E-state index is 12.8. The van der Waals surface area contributed by atoms with Gasteiger partial charge >= 0.3 is 0 Å². The van der Waals surface area contributed by atoms with Crippen molar-refractivity contribution < 1.29 is 4.39 Å². The molecule has 154 valence electrons. The number of rotatable bonds is 12. The minimum atomic E-state index is -0.625. The highest BCUT2D eigenvalue weighted by atomic mass is 19.1. The normalized spacial score (nSPS) is 20.1. The van der Waals surface area contributed by atoms with E-state index in [4.69, 9.17) is 5.26 Å². The summed E-state index contributed by atoms with van der Waals surface area (Å²) in [6.45, 7) is 2.26. The predicted molar refractivity (Wildman–Crippen MR) is 117 cm³/mol. The second-order valence-corrected chi connectivity index (χ2v) is 8.65. The first-order valence-corrected chi connectivity index (χ1v) is 11.5. The van der Waals surface area contributed by atoms with Crippen molar-refractivity contribution in [1.29, 1.82) is 5.26 Å². The van der Waals surface area contributed by atoms with Crippen LogP contribution in [-0.4, -0.2) is 0 Å². The zero-order valence-electron chi connectivity index (χ0n) is 17.8. The molecule has 1 nitrogen and oxygen atoms in total. The summed E-state index contributed by atoms with van der Waals surface area (Å²) in [6.07, 6.45) is 18.8. The lowest BCUT2D eigenvalue weighted by molar-refractivity contribution is 0.250. The summed E-state index contributed by atoms with van der Waals surface area (Å²) in [7, 11) is 0. The predicted octanol–water partition coefficient (Wildman–Crippen LogP) is 8.10. The number of benzene rings is 1. The van der Waals surface area contributed by atoms with Gasteiger partial charge in [-0.1, -0.05) is 82.6 Å². The smallest absolute Gasteiger partial charge is 0.195 e. The Kier molecular flexibility index (Phi) is 11.0. The fourth-order valence-corrected chi connectivity index (χ4v) is 4.51. The molecule has 0 N–H and O–H groups in total. The van der Waals surface area contributed by atoms with Crippen LogP contribution in [0.15, 0.2) is 36.2 Å². The van der Waals surface area contributed by atoms with E-state index in [1.165, 1.54) is 94.3 Å². The van der Waals surface area contributed by atoms with Crippen LogP contribution in [0.3, 0.4) is 0 Å². The van der Waals surface area contributed by atoms with Gasteiger partial charge in [-0.3, -0.25) is 0 Å². The van der Waals surface area contributed by atoms with Gasteiger partial charge in [0.05, 0.1) is 0 Å². The molecule has 2 heteroatoms. The van der Waals surface area contributed by atoms with Crippen molar-refractivity contribution in [2.24, 2.45) is 11.8 Å². The summed E-state index contributed by atoms with van der Waals surface area (Å²) < 4.78 is 12.8. The summed E-state index contributed by atoms with van der Waals surface area (Å²) in [5.41, 5.74) is 2.97. The van der Waals surface area contributed by atoms with Crippen LogP contribution >= 0.6 is 0 Å². The van der Waals surface area contributed by atoms with Crippen LogP contribution in [-0.2, 0) is 12.8 Å². The van der Waals surface area contributed by atoms with Crippen LogP contribution < -0.4 is 0 Å². The molecule has 0 unspecified atom stereocenters. The highest BCUT2D eigenvalue weighted by Crippen LogP contribution is 2.34. The highest BCUT2D eigenvalue weighted by Gasteiger charge is 2.20. The van der Waals surface area contributed by atoms with Crippen molar-refractivity contribution in [3.63, 3.8) is 0 Å². The second kappa shape index (κ2) is 13.5. The lowest BCUT2D eigenvalue weighted by Gasteiger charge is -2.28. The molecule has 1 aromatic carbocycles. The number of nitriles is 1. The van der Waals surface area contributed by atoms with Gasteiger partial charge in [-0.05, 0) is 67.6 Å². The number of hydrogen-bond acceptors (Lipinski definition) is 1. The molecule has 0 atom stereocenters. The summed E-state index contributed by atoms with van der Waals surface area (Å²) in [4.78, 5) is 0. The monoisotopic (exact) mass is 383 g/mol. The molecule has 0 bridgehead atoms. The Bertz CT molecular complexity index is 602.